The quantitative estimate of drug-likeness (QED) is 0.151. The van der Waals surface area contributed by atoms with Crippen LogP contribution < -0.4 is 0 Å². The summed E-state index contributed by atoms with van der Waals surface area (Å²) in [5.74, 6) is 0. The minimum absolute atomic E-state index is 0.962. The van der Waals surface area contributed by atoms with Crippen LogP contribution in [-0.4, -0.2) is 41.1 Å². The molecule has 0 saturated heterocycles. The molecule has 15 heterocycles. The second-order valence-corrected chi connectivity index (χ2v) is 31.7. The molecule has 0 amide bonds. The molecule has 23 rings (SSSR count). The van der Waals surface area contributed by atoms with Crippen LogP contribution in [0.1, 0.15) is 51.2 Å². The highest BCUT2D eigenvalue weighted by molar-refractivity contribution is 7.26. The van der Waals surface area contributed by atoms with Crippen LogP contribution in [0.5, 0.6) is 0 Å². The van der Waals surface area contributed by atoms with Gasteiger partial charge in [-0.25, -0.2) is 0 Å². The molecule has 0 fully saturated rings. The molecule has 0 aliphatic carbocycles. The first kappa shape index (κ1) is 75.8. The highest BCUT2D eigenvalue weighted by Gasteiger charge is 2.17. The van der Waals surface area contributed by atoms with Gasteiger partial charge in [0.1, 0.15) is 22.3 Å². The molecule has 0 saturated carbocycles. The van der Waals surface area contributed by atoms with Crippen LogP contribution in [-0.2, 0) is 63.4 Å². The van der Waals surface area contributed by atoms with E-state index in [1.54, 1.807) is 0 Å². The Balaban J connectivity index is 0.000000101. The highest BCUT2D eigenvalue weighted by Crippen LogP contribution is 2.39. The lowest BCUT2D eigenvalue weighted by Crippen LogP contribution is -1.88. The van der Waals surface area contributed by atoms with Crippen molar-refractivity contribution in [2.75, 3.05) is 0 Å². The lowest BCUT2D eigenvalue weighted by Gasteiger charge is -1.96. The Kier molecular flexibility index (Phi) is 21.3. The molecular formula is C98H97N9O4S2. The standard InChI is InChI=1S/4C12H11NO.2C12H11NS.2C10H11N.C6H9N/c1-8-12-10(7-13(8)2)9-5-3-4-6-11(9)14-12;1-8-12-9-5-3-4-6-10(9)14-11(12)7-13(8)2;1-8-7-10-9-5-3-4-6-11(9)14-12(10)13(8)2;1-8-7-11-12(13(8)2)9-5-3-4-6-10(9)14-11;1-8-12-10(7-13(8)2)9-5-3-4-6-11(9)14-12;1-8-12-9-5-3-4-6-10(9)14-11(12)7-13(8)2;1-8-10-6-4-3-5-9(10)7-11(8)2;1-8-7-9-5-3-4-6-10(9)11(8)2;1-6-4-3-5-7(6)2/h6*3-7H,1-2H3;2*3-7H,1-2H3;3-5H,1-2H3. The number of hydrogen-bond donors (Lipinski definition) is 0. The summed E-state index contributed by atoms with van der Waals surface area (Å²) >= 11 is 3.76. The van der Waals surface area contributed by atoms with E-state index in [0.717, 1.165) is 44.8 Å². The minimum Gasteiger partial charge on any atom is -0.454 e. The molecule has 23 aromatic rings. The molecular weight excluding hydrogens is 1430 g/mol. The molecule has 8 aromatic carbocycles. The van der Waals surface area contributed by atoms with E-state index in [1.165, 1.54) is 156 Å². The topological polar surface area (TPSA) is 96.9 Å². The zero-order chi connectivity index (χ0) is 79.2. The van der Waals surface area contributed by atoms with Crippen LogP contribution in [0.4, 0.5) is 0 Å². The number of nitrogens with zero attached hydrogens (tertiary/aromatic N) is 9. The lowest BCUT2D eigenvalue weighted by molar-refractivity contribution is 0.626. The normalized spacial score (nSPS) is 11.3. The summed E-state index contributed by atoms with van der Waals surface area (Å²) in [4.78, 5) is 0. The lowest BCUT2D eigenvalue weighted by atomic mass is 10.2. The fraction of sp³-hybridized carbons (Fsp3) is 0.184. The maximum Gasteiger partial charge on any atom is 0.208 e. The summed E-state index contributed by atoms with van der Waals surface area (Å²) in [7, 11) is 18.6. The van der Waals surface area contributed by atoms with Crippen molar-refractivity contribution in [1.29, 1.82) is 0 Å². The number of hydrogen-bond acceptors (Lipinski definition) is 6. The number of rotatable bonds is 0. The average molecular weight is 1530 g/mol. The smallest absolute Gasteiger partial charge is 0.208 e. The van der Waals surface area contributed by atoms with Crippen molar-refractivity contribution >= 4 is 173 Å². The molecule has 570 valence electrons. The molecule has 0 N–H and O–H groups in total. The van der Waals surface area contributed by atoms with Gasteiger partial charge in [-0.05, 0) is 146 Å². The van der Waals surface area contributed by atoms with Gasteiger partial charge in [0.05, 0.1) is 20.6 Å². The van der Waals surface area contributed by atoms with Crippen molar-refractivity contribution in [3.8, 4) is 0 Å². The van der Waals surface area contributed by atoms with Crippen LogP contribution in [0.3, 0.4) is 0 Å². The van der Waals surface area contributed by atoms with Gasteiger partial charge in [-0.15, -0.1) is 22.7 Å². The van der Waals surface area contributed by atoms with E-state index in [9.17, 15) is 0 Å². The first-order valence-electron chi connectivity index (χ1n) is 38.2. The van der Waals surface area contributed by atoms with E-state index in [4.69, 9.17) is 17.7 Å². The summed E-state index contributed by atoms with van der Waals surface area (Å²) in [6.07, 6.45) is 12.8. The number of benzene rings is 8. The number of aryl methyl sites for hydroxylation is 18. The third kappa shape index (κ3) is 14.7. The molecule has 0 atom stereocenters. The molecule has 0 aliphatic heterocycles. The average Bonchev–Trinajstić information content (AvgIpc) is 1.64. The summed E-state index contributed by atoms with van der Waals surface area (Å²) in [5, 5.41) is 18.1. The van der Waals surface area contributed by atoms with Gasteiger partial charge in [0.25, 0.3) is 0 Å². The maximum atomic E-state index is 5.78. The fourth-order valence-corrected chi connectivity index (χ4v) is 17.5. The Hall–Kier alpha value is -12.6. The molecule has 113 heavy (non-hydrogen) atoms. The van der Waals surface area contributed by atoms with Gasteiger partial charge in [-0.2, -0.15) is 0 Å². The Labute approximate surface area is 665 Å². The van der Waals surface area contributed by atoms with Crippen molar-refractivity contribution in [1.82, 2.24) is 41.1 Å². The van der Waals surface area contributed by atoms with Gasteiger partial charge in [-0.1, -0.05) is 146 Å². The monoisotopic (exact) mass is 1530 g/mol. The van der Waals surface area contributed by atoms with E-state index in [-0.39, 0.29) is 0 Å². The number of para-hydroxylation sites is 5. The molecule has 0 bridgehead atoms. The third-order valence-corrected chi connectivity index (χ3v) is 24.9. The molecule has 15 aromatic heterocycles. The SMILES string of the molecule is Cc1c2c(cn1C)oc1ccccc12.Cc1c2c(cn1C)sc1ccccc12.Cc1c2ccccc2cn1C.Cc1c2oc3ccccc3c2cn1C.Cc1c2sc3ccccc3c2cn1C.Cc1cc2c3ccccc3oc2n1C.Cc1cc2ccccc2n1C.Cc1cc2oc3ccccc3c2n1C.Cc1cccn1C. The minimum atomic E-state index is 0.962. The predicted molar refractivity (Wildman–Crippen MR) is 481 cm³/mol. The Morgan fingerprint density at radius 2 is 0.743 bits per heavy atom. The van der Waals surface area contributed by atoms with Crippen molar-refractivity contribution in [2.45, 2.75) is 62.3 Å². The third-order valence-electron chi connectivity index (χ3n) is 22.5. The fourth-order valence-electron chi connectivity index (χ4n) is 15.1. The van der Waals surface area contributed by atoms with Gasteiger partial charge in [-0.3, -0.25) is 0 Å². The summed E-state index contributed by atoms with van der Waals surface area (Å²) < 4.78 is 47.9. The summed E-state index contributed by atoms with van der Waals surface area (Å²) in [5.41, 5.74) is 21.9. The maximum absolute atomic E-state index is 5.78. The van der Waals surface area contributed by atoms with Crippen LogP contribution >= 0.6 is 22.7 Å². The van der Waals surface area contributed by atoms with Crippen LogP contribution in [0.2, 0.25) is 0 Å². The molecule has 0 unspecified atom stereocenters. The first-order valence-corrected chi connectivity index (χ1v) is 39.8. The van der Waals surface area contributed by atoms with Crippen molar-refractivity contribution in [3.63, 3.8) is 0 Å². The first-order chi connectivity index (χ1) is 54.5. The molecule has 0 radical (unpaired) electrons. The van der Waals surface area contributed by atoms with Crippen molar-refractivity contribution in [2.24, 2.45) is 63.4 Å². The van der Waals surface area contributed by atoms with Crippen molar-refractivity contribution < 1.29 is 17.7 Å². The second kappa shape index (κ2) is 31.7. The number of fused-ring (bicyclic) bond motifs is 20. The van der Waals surface area contributed by atoms with E-state index in [0.29, 0.717) is 0 Å². The molecule has 13 nitrogen and oxygen atoms in total. The van der Waals surface area contributed by atoms with Gasteiger partial charge in [0, 0.05) is 232 Å². The van der Waals surface area contributed by atoms with E-state index in [2.05, 4.69) is 309 Å². The van der Waals surface area contributed by atoms with Gasteiger partial charge < -0.3 is 58.8 Å². The van der Waals surface area contributed by atoms with E-state index >= 15 is 0 Å². The summed E-state index contributed by atoms with van der Waals surface area (Å²) in [6, 6.07) is 77.3. The number of furan rings is 4. The van der Waals surface area contributed by atoms with E-state index < -0.39 is 0 Å². The summed E-state index contributed by atoms with van der Waals surface area (Å²) in [6.45, 7) is 19.1. The Morgan fingerprint density at radius 3 is 1.39 bits per heavy atom. The van der Waals surface area contributed by atoms with Gasteiger partial charge in [0.2, 0.25) is 5.71 Å². The zero-order valence-electron chi connectivity index (χ0n) is 67.8. The molecule has 0 spiro atoms. The highest BCUT2D eigenvalue weighted by atomic mass is 32.1. The number of aromatic nitrogens is 9. The Morgan fingerprint density at radius 1 is 0.257 bits per heavy atom. The predicted octanol–water partition coefficient (Wildman–Crippen LogP) is 26.6. The zero-order valence-corrected chi connectivity index (χ0v) is 69.4. The largest absolute Gasteiger partial charge is 0.454 e. The van der Waals surface area contributed by atoms with Gasteiger partial charge >= 0.3 is 0 Å². The Bertz CT molecular complexity index is 6680. The number of thiophene rings is 2. The molecule has 15 heteroatoms. The van der Waals surface area contributed by atoms with Crippen molar-refractivity contribution in [3.05, 3.63) is 313 Å². The van der Waals surface area contributed by atoms with Crippen LogP contribution in [0.25, 0.3) is 150 Å². The second-order valence-electron chi connectivity index (χ2n) is 29.6. The molecule has 0 aliphatic rings. The van der Waals surface area contributed by atoms with Gasteiger partial charge in [0.15, 0.2) is 16.7 Å². The van der Waals surface area contributed by atoms with Crippen LogP contribution in [0.15, 0.2) is 279 Å². The van der Waals surface area contributed by atoms with Crippen LogP contribution in [0, 0.1) is 62.3 Å². The van der Waals surface area contributed by atoms with E-state index in [1.807, 2.05) is 142 Å².